The summed E-state index contributed by atoms with van der Waals surface area (Å²) in [6, 6.07) is 9.41. The summed E-state index contributed by atoms with van der Waals surface area (Å²) in [7, 11) is -3.17. The smallest absolute Gasteiger partial charge is 0.218 e. The molecule has 21 heavy (non-hydrogen) atoms. The molecule has 0 saturated carbocycles. The number of rotatable bonds is 6. The highest BCUT2D eigenvalue weighted by Gasteiger charge is 2.27. The van der Waals surface area contributed by atoms with Crippen LogP contribution in [0, 0.1) is 5.92 Å². The van der Waals surface area contributed by atoms with Gasteiger partial charge < -0.3 is 5.32 Å². The molecular formula is C15H25ClN2O2S. The van der Waals surface area contributed by atoms with Crippen LogP contribution in [0.25, 0.3) is 0 Å². The molecule has 1 saturated heterocycles. The van der Waals surface area contributed by atoms with Crippen LogP contribution in [0.1, 0.15) is 25.3 Å². The first kappa shape index (κ1) is 18.4. The third-order valence-electron chi connectivity index (χ3n) is 3.84. The van der Waals surface area contributed by atoms with Crippen LogP contribution in [-0.2, 0) is 15.8 Å². The van der Waals surface area contributed by atoms with E-state index in [-0.39, 0.29) is 18.2 Å². The van der Waals surface area contributed by atoms with Gasteiger partial charge in [-0.1, -0.05) is 37.3 Å². The Morgan fingerprint density at radius 1 is 1.19 bits per heavy atom. The summed E-state index contributed by atoms with van der Waals surface area (Å²) in [6.45, 7) is 5.39. The minimum absolute atomic E-state index is 0. The van der Waals surface area contributed by atoms with Gasteiger partial charge in [0, 0.05) is 13.1 Å². The van der Waals surface area contributed by atoms with Gasteiger partial charge in [0.1, 0.15) is 0 Å². The zero-order chi connectivity index (χ0) is 14.4. The maximum absolute atomic E-state index is 12.4. The molecule has 1 aromatic carbocycles. The zero-order valence-electron chi connectivity index (χ0n) is 12.5. The van der Waals surface area contributed by atoms with Crippen LogP contribution in [0.15, 0.2) is 30.3 Å². The third kappa shape index (κ3) is 5.58. The topological polar surface area (TPSA) is 49.4 Å². The first-order valence-corrected chi connectivity index (χ1v) is 8.95. The Morgan fingerprint density at radius 3 is 2.38 bits per heavy atom. The van der Waals surface area contributed by atoms with Gasteiger partial charge in [-0.2, -0.15) is 0 Å². The largest absolute Gasteiger partial charge is 0.317 e. The fourth-order valence-electron chi connectivity index (χ4n) is 2.62. The van der Waals surface area contributed by atoms with E-state index in [9.17, 15) is 8.42 Å². The van der Waals surface area contributed by atoms with Crippen molar-refractivity contribution in [2.24, 2.45) is 5.92 Å². The summed E-state index contributed by atoms with van der Waals surface area (Å²) in [6.07, 6.45) is 1.92. The van der Waals surface area contributed by atoms with E-state index < -0.39 is 10.0 Å². The highest BCUT2D eigenvalue weighted by atomic mass is 35.5. The number of halogens is 1. The van der Waals surface area contributed by atoms with Crippen LogP contribution < -0.4 is 5.32 Å². The second-order valence-corrected chi connectivity index (χ2v) is 7.36. The Morgan fingerprint density at radius 2 is 1.81 bits per heavy atom. The lowest BCUT2D eigenvalue weighted by Crippen LogP contribution is -2.41. The van der Waals surface area contributed by atoms with E-state index in [2.05, 4.69) is 12.2 Å². The lowest BCUT2D eigenvalue weighted by atomic mass is 9.98. The van der Waals surface area contributed by atoms with Gasteiger partial charge in [0.15, 0.2) is 0 Å². The molecule has 1 fully saturated rings. The first-order valence-electron chi connectivity index (χ1n) is 7.34. The van der Waals surface area contributed by atoms with Crippen molar-refractivity contribution in [1.82, 2.24) is 9.62 Å². The Kier molecular flexibility index (Phi) is 7.66. The van der Waals surface area contributed by atoms with Crippen LogP contribution in [0.3, 0.4) is 0 Å². The van der Waals surface area contributed by atoms with E-state index in [4.69, 9.17) is 0 Å². The maximum Gasteiger partial charge on any atom is 0.218 e. The fraction of sp³-hybridized carbons (Fsp3) is 0.600. The average Bonchev–Trinajstić information content (AvgIpc) is 2.46. The zero-order valence-corrected chi connectivity index (χ0v) is 14.1. The molecule has 6 heteroatoms. The van der Waals surface area contributed by atoms with E-state index in [1.165, 1.54) is 0 Å². The van der Waals surface area contributed by atoms with E-state index in [0.29, 0.717) is 19.0 Å². The number of nitrogens with one attached hydrogen (secondary N) is 1. The molecule has 1 N–H and O–H groups in total. The molecule has 1 aliphatic heterocycles. The van der Waals surface area contributed by atoms with Crippen LogP contribution in [0.2, 0.25) is 0 Å². The van der Waals surface area contributed by atoms with Crippen LogP contribution in [0.4, 0.5) is 0 Å². The highest BCUT2D eigenvalue weighted by molar-refractivity contribution is 7.88. The monoisotopic (exact) mass is 332 g/mol. The Balaban J connectivity index is 0.00000220. The lowest BCUT2D eigenvalue weighted by molar-refractivity contribution is 0.268. The number of piperidine rings is 1. The normalized spacial score (nSPS) is 17.4. The summed E-state index contributed by atoms with van der Waals surface area (Å²) in [5.41, 5.74) is 0.863. The Labute approximate surface area is 134 Å². The first-order chi connectivity index (χ1) is 9.62. The number of sulfonamides is 1. The van der Waals surface area contributed by atoms with Gasteiger partial charge in [-0.15, -0.1) is 12.4 Å². The highest BCUT2D eigenvalue weighted by Crippen LogP contribution is 2.21. The van der Waals surface area contributed by atoms with Crippen molar-refractivity contribution in [3.63, 3.8) is 0 Å². The molecule has 0 spiro atoms. The number of hydrogen-bond donors (Lipinski definition) is 1. The van der Waals surface area contributed by atoms with Crippen LogP contribution >= 0.6 is 12.4 Å². The molecule has 0 radical (unpaired) electrons. The number of benzene rings is 1. The second kappa shape index (κ2) is 8.73. The van der Waals surface area contributed by atoms with Crippen LogP contribution in [0.5, 0.6) is 0 Å². The van der Waals surface area contributed by atoms with Gasteiger partial charge in [-0.3, -0.25) is 0 Å². The minimum Gasteiger partial charge on any atom is -0.317 e. The summed E-state index contributed by atoms with van der Waals surface area (Å²) < 4.78 is 26.4. The molecule has 0 atom stereocenters. The average molecular weight is 333 g/mol. The standard InChI is InChI=1S/C15H24N2O2S.ClH/c1-2-16-12-14-8-10-17(11-9-14)20(18,19)13-15-6-4-3-5-7-15;/h3-7,14,16H,2,8-13H2,1H3;1H. The van der Waals surface area contributed by atoms with Gasteiger partial charge in [-0.25, -0.2) is 12.7 Å². The van der Waals surface area contributed by atoms with Gasteiger partial charge in [0.2, 0.25) is 10.0 Å². The molecule has 4 nitrogen and oxygen atoms in total. The lowest BCUT2D eigenvalue weighted by Gasteiger charge is -2.31. The fourth-order valence-corrected chi connectivity index (χ4v) is 4.18. The summed E-state index contributed by atoms with van der Waals surface area (Å²) in [5.74, 6) is 0.726. The second-order valence-electron chi connectivity index (χ2n) is 5.39. The van der Waals surface area contributed by atoms with Crippen molar-refractivity contribution in [1.29, 1.82) is 0 Å². The van der Waals surface area contributed by atoms with Crippen molar-refractivity contribution in [2.75, 3.05) is 26.2 Å². The Bertz CT molecular complexity index is 500. The van der Waals surface area contributed by atoms with Gasteiger partial charge in [0.05, 0.1) is 5.75 Å². The van der Waals surface area contributed by atoms with E-state index in [1.54, 1.807) is 4.31 Å². The number of hydrogen-bond acceptors (Lipinski definition) is 3. The summed E-state index contributed by atoms with van der Waals surface area (Å²) >= 11 is 0. The maximum atomic E-state index is 12.4. The van der Waals surface area contributed by atoms with E-state index in [1.807, 2.05) is 30.3 Å². The molecule has 0 unspecified atom stereocenters. The van der Waals surface area contributed by atoms with Crippen molar-refractivity contribution in [3.8, 4) is 0 Å². The minimum atomic E-state index is -3.17. The van der Waals surface area contributed by atoms with E-state index >= 15 is 0 Å². The molecule has 0 aromatic heterocycles. The van der Waals surface area contributed by atoms with E-state index in [0.717, 1.165) is 31.5 Å². The SMILES string of the molecule is CCNCC1CCN(S(=O)(=O)Cc2ccccc2)CC1.Cl. The molecule has 1 aromatic rings. The molecular weight excluding hydrogens is 308 g/mol. The predicted octanol–water partition coefficient (Wildman–Crippen LogP) is 2.26. The third-order valence-corrected chi connectivity index (χ3v) is 5.69. The van der Waals surface area contributed by atoms with Crippen molar-refractivity contribution < 1.29 is 8.42 Å². The molecule has 2 rings (SSSR count). The number of nitrogens with zero attached hydrogens (tertiary/aromatic N) is 1. The predicted molar refractivity (Wildman–Crippen MR) is 89.2 cm³/mol. The quantitative estimate of drug-likeness (QED) is 0.869. The van der Waals surface area contributed by atoms with Crippen LogP contribution in [-0.4, -0.2) is 38.9 Å². The van der Waals surface area contributed by atoms with Gasteiger partial charge >= 0.3 is 0 Å². The van der Waals surface area contributed by atoms with Gasteiger partial charge in [0.25, 0.3) is 0 Å². The van der Waals surface area contributed by atoms with Gasteiger partial charge in [-0.05, 0) is 37.4 Å². The summed E-state index contributed by atoms with van der Waals surface area (Å²) in [4.78, 5) is 0. The molecule has 120 valence electrons. The van der Waals surface area contributed by atoms with Crippen molar-refractivity contribution >= 4 is 22.4 Å². The molecule has 1 aliphatic rings. The molecule has 0 bridgehead atoms. The summed E-state index contributed by atoms with van der Waals surface area (Å²) in [5, 5.41) is 3.34. The molecule has 1 heterocycles. The van der Waals surface area contributed by atoms with Crippen molar-refractivity contribution in [3.05, 3.63) is 35.9 Å². The van der Waals surface area contributed by atoms with Crippen molar-refractivity contribution in [2.45, 2.75) is 25.5 Å². The Hall–Kier alpha value is -0.620. The molecule has 0 amide bonds. The molecule has 0 aliphatic carbocycles.